The Morgan fingerprint density at radius 2 is 2.00 bits per heavy atom. The van der Waals surface area contributed by atoms with Crippen LogP contribution in [-0.4, -0.2) is 28.4 Å². The molecular formula is C16H18ClN5O3. The van der Waals surface area contributed by atoms with Crippen molar-refractivity contribution in [2.75, 3.05) is 12.3 Å². The molecule has 4 N–H and O–H groups in total. The van der Waals surface area contributed by atoms with Gasteiger partial charge in [0.15, 0.2) is 11.5 Å². The van der Waals surface area contributed by atoms with Gasteiger partial charge in [-0.05, 0) is 37.1 Å². The summed E-state index contributed by atoms with van der Waals surface area (Å²) in [6.07, 6.45) is 3.37. The molecule has 25 heavy (non-hydrogen) atoms. The summed E-state index contributed by atoms with van der Waals surface area (Å²) in [5, 5.41) is 0.642. The standard InChI is InChI=1S/C16H18ClN5O3/c1-10-9-11(17)4-5-12(10)25-8-2-3-13(23)21-22-16(24)14-15(18)20-7-6-19-14/h4-7,9H,2-3,8H2,1H3,(H2,18,20)(H,21,23)(H,22,24). The molecule has 0 aliphatic rings. The van der Waals surface area contributed by atoms with Crippen molar-refractivity contribution in [3.05, 3.63) is 46.9 Å². The Balaban J connectivity index is 1.69. The summed E-state index contributed by atoms with van der Waals surface area (Å²) in [5.41, 5.74) is 10.9. The lowest BCUT2D eigenvalue weighted by atomic mass is 10.2. The maximum atomic E-state index is 11.8. The van der Waals surface area contributed by atoms with E-state index in [9.17, 15) is 9.59 Å². The Morgan fingerprint density at radius 1 is 1.24 bits per heavy atom. The van der Waals surface area contributed by atoms with Gasteiger partial charge in [-0.15, -0.1) is 0 Å². The number of hydrogen-bond donors (Lipinski definition) is 3. The number of nitrogens with two attached hydrogens (primary N) is 1. The Labute approximate surface area is 149 Å². The van der Waals surface area contributed by atoms with Gasteiger partial charge < -0.3 is 10.5 Å². The van der Waals surface area contributed by atoms with Gasteiger partial charge in [0.2, 0.25) is 5.91 Å². The molecule has 0 aliphatic carbocycles. The number of ether oxygens (including phenoxy) is 1. The molecule has 0 unspecified atom stereocenters. The number of nitrogens with zero attached hydrogens (tertiary/aromatic N) is 2. The summed E-state index contributed by atoms with van der Waals surface area (Å²) < 4.78 is 5.59. The number of aryl methyl sites for hydroxylation is 1. The minimum atomic E-state index is -0.632. The van der Waals surface area contributed by atoms with Crippen LogP contribution in [0.5, 0.6) is 5.75 Å². The van der Waals surface area contributed by atoms with E-state index in [0.717, 1.165) is 11.3 Å². The summed E-state index contributed by atoms with van der Waals surface area (Å²) in [5.74, 6) is -0.281. The molecule has 132 valence electrons. The molecule has 2 rings (SSSR count). The minimum Gasteiger partial charge on any atom is -0.493 e. The van der Waals surface area contributed by atoms with Crippen molar-refractivity contribution >= 4 is 29.2 Å². The van der Waals surface area contributed by atoms with Gasteiger partial charge >= 0.3 is 0 Å². The fourth-order valence-corrected chi connectivity index (χ4v) is 2.19. The lowest BCUT2D eigenvalue weighted by molar-refractivity contribution is -0.122. The van der Waals surface area contributed by atoms with Crippen molar-refractivity contribution in [2.45, 2.75) is 19.8 Å². The molecular weight excluding hydrogens is 346 g/mol. The van der Waals surface area contributed by atoms with Gasteiger partial charge in [-0.1, -0.05) is 11.6 Å². The zero-order valence-corrected chi connectivity index (χ0v) is 14.3. The van der Waals surface area contributed by atoms with Crippen molar-refractivity contribution in [1.29, 1.82) is 0 Å². The topological polar surface area (TPSA) is 119 Å². The molecule has 2 aromatic rings. The number of benzene rings is 1. The number of carbonyl (C=O) groups excluding carboxylic acids is 2. The van der Waals surface area contributed by atoms with E-state index in [0.29, 0.717) is 18.1 Å². The van der Waals surface area contributed by atoms with Gasteiger partial charge in [0.05, 0.1) is 6.61 Å². The first-order chi connectivity index (χ1) is 12.0. The third kappa shape index (κ3) is 5.61. The van der Waals surface area contributed by atoms with Crippen LogP contribution in [0.15, 0.2) is 30.6 Å². The van der Waals surface area contributed by atoms with Crippen LogP contribution in [0.1, 0.15) is 28.9 Å². The summed E-state index contributed by atoms with van der Waals surface area (Å²) in [6.45, 7) is 2.25. The third-order valence-corrected chi connectivity index (χ3v) is 3.43. The first-order valence-electron chi connectivity index (χ1n) is 7.52. The van der Waals surface area contributed by atoms with E-state index in [2.05, 4.69) is 20.8 Å². The van der Waals surface area contributed by atoms with Crippen LogP contribution in [0.3, 0.4) is 0 Å². The molecule has 1 aromatic heterocycles. The van der Waals surface area contributed by atoms with Crippen molar-refractivity contribution in [3.8, 4) is 5.75 Å². The maximum absolute atomic E-state index is 11.8. The smallest absolute Gasteiger partial charge is 0.292 e. The van der Waals surface area contributed by atoms with Gasteiger partial charge in [-0.3, -0.25) is 20.4 Å². The fourth-order valence-electron chi connectivity index (χ4n) is 1.96. The molecule has 9 heteroatoms. The Kier molecular flexibility index (Phi) is 6.53. The molecule has 2 amide bonds. The third-order valence-electron chi connectivity index (χ3n) is 3.20. The van der Waals surface area contributed by atoms with Gasteiger partial charge in [0, 0.05) is 23.8 Å². The SMILES string of the molecule is Cc1cc(Cl)ccc1OCCCC(=O)NNC(=O)c1nccnc1N. The molecule has 0 aliphatic heterocycles. The van der Waals surface area contributed by atoms with E-state index < -0.39 is 5.91 Å². The second-order valence-electron chi connectivity index (χ2n) is 5.15. The number of nitrogen functional groups attached to an aromatic ring is 1. The lowest BCUT2D eigenvalue weighted by Gasteiger charge is -2.10. The van der Waals surface area contributed by atoms with Crippen LogP contribution >= 0.6 is 11.6 Å². The molecule has 0 atom stereocenters. The summed E-state index contributed by atoms with van der Waals surface area (Å²) in [4.78, 5) is 31.1. The predicted molar refractivity (Wildman–Crippen MR) is 93.0 cm³/mol. The van der Waals surface area contributed by atoms with E-state index in [4.69, 9.17) is 22.1 Å². The number of rotatable bonds is 6. The van der Waals surface area contributed by atoms with Crippen molar-refractivity contribution in [1.82, 2.24) is 20.8 Å². The first-order valence-corrected chi connectivity index (χ1v) is 7.90. The largest absolute Gasteiger partial charge is 0.493 e. The second-order valence-corrected chi connectivity index (χ2v) is 5.59. The van der Waals surface area contributed by atoms with Crippen LogP contribution in [0.2, 0.25) is 5.02 Å². The molecule has 0 fully saturated rings. The number of hydrogen-bond acceptors (Lipinski definition) is 6. The summed E-state index contributed by atoms with van der Waals surface area (Å²) in [6, 6.07) is 5.32. The van der Waals surface area contributed by atoms with Crippen LogP contribution in [0, 0.1) is 6.92 Å². The quantitative estimate of drug-likeness (QED) is 0.530. The van der Waals surface area contributed by atoms with Crippen molar-refractivity contribution in [2.24, 2.45) is 0 Å². The number of anilines is 1. The number of carbonyl (C=O) groups is 2. The minimum absolute atomic E-state index is 0.0130. The Hall–Kier alpha value is -2.87. The zero-order chi connectivity index (χ0) is 18.2. The molecule has 0 spiro atoms. The average molecular weight is 364 g/mol. The molecule has 0 saturated heterocycles. The number of aromatic nitrogens is 2. The van der Waals surface area contributed by atoms with E-state index in [1.807, 2.05) is 6.92 Å². The number of nitrogens with one attached hydrogen (secondary N) is 2. The maximum Gasteiger partial charge on any atom is 0.292 e. The van der Waals surface area contributed by atoms with Gasteiger partial charge in [-0.25, -0.2) is 9.97 Å². The van der Waals surface area contributed by atoms with Crippen molar-refractivity contribution < 1.29 is 14.3 Å². The van der Waals surface area contributed by atoms with E-state index in [-0.39, 0.29) is 23.8 Å². The molecule has 8 nitrogen and oxygen atoms in total. The molecule has 1 heterocycles. The highest BCUT2D eigenvalue weighted by molar-refractivity contribution is 6.30. The normalized spacial score (nSPS) is 10.2. The van der Waals surface area contributed by atoms with Gasteiger partial charge in [0.25, 0.3) is 5.91 Å². The number of amides is 2. The van der Waals surface area contributed by atoms with Gasteiger partial charge in [-0.2, -0.15) is 0 Å². The van der Waals surface area contributed by atoms with Crippen LogP contribution in [-0.2, 0) is 4.79 Å². The molecule has 0 radical (unpaired) electrons. The zero-order valence-electron chi connectivity index (χ0n) is 13.6. The fraction of sp³-hybridized carbons (Fsp3) is 0.250. The van der Waals surface area contributed by atoms with Crippen LogP contribution in [0.4, 0.5) is 5.82 Å². The highest BCUT2D eigenvalue weighted by Gasteiger charge is 2.12. The van der Waals surface area contributed by atoms with Crippen molar-refractivity contribution in [3.63, 3.8) is 0 Å². The number of hydrazine groups is 1. The average Bonchev–Trinajstić information content (AvgIpc) is 2.58. The van der Waals surface area contributed by atoms with E-state index in [1.54, 1.807) is 18.2 Å². The monoisotopic (exact) mass is 363 g/mol. The molecule has 0 bridgehead atoms. The first kappa shape index (κ1) is 18.5. The molecule has 0 saturated carbocycles. The number of halogens is 1. The molecule has 1 aromatic carbocycles. The second kappa shape index (κ2) is 8.84. The lowest BCUT2D eigenvalue weighted by Crippen LogP contribution is -2.42. The van der Waals surface area contributed by atoms with Crippen LogP contribution in [0.25, 0.3) is 0 Å². The summed E-state index contributed by atoms with van der Waals surface area (Å²) in [7, 11) is 0. The summed E-state index contributed by atoms with van der Waals surface area (Å²) >= 11 is 5.87. The predicted octanol–water partition coefficient (Wildman–Crippen LogP) is 1.64. The highest BCUT2D eigenvalue weighted by Crippen LogP contribution is 2.21. The Morgan fingerprint density at radius 3 is 2.72 bits per heavy atom. The highest BCUT2D eigenvalue weighted by atomic mass is 35.5. The van der Waals surface area contributed by atoms with Crippen LogP contribution < -0.4 is 21.3 Å². The van der Waals surface area contributed by atoms with E-state index >= 15 is 0 Å². The Bertz CT molecular complexity index is 769. The van der Waals surface area contributed by atoms with E-state index in [1.165, 1.54) is 12.4 Å². The van der Waals surface area contributed by atoms with Gasteiger partial charge in [0.1, 0.15) is 5.75 Å².